The number of carboxylic acids is 1. The van der Waals surface area contributed by atoms with Crippen LogP contribution in [0.25, 0.3) is 0 Å². The molecule has 6 N–H and O–H groups in total. The summed E-state index contributed by atoms with van der Waals surface area (Å²) in [5.74, 6) is -1.10. The van der Waals surface area contributed by atoms with E-state index in [-0.39, 0.29) is 19.4 Å². The van der Waals surface area contributed by atoms with Gasteiger partial charge in [-0.25, -0.2) is 4.79 Å². The van der Waals surface area contributed by atoms with Crippen LogP contribution in [0.2, 0.25) is 0 Å². The quantitative estimate of drug-likeness (QED) is 0.481. The van der Waals surface area contributed by atoms with Gasteiger partial charge in [-0.05, 0) is 6.42 Å². The van der Waals surface area contributed by atoms with Gasteiger partial charge in [0, 0.05) is 0 Å². The number of rotatable bonds is 2. The molecule has 0 bridgehead atoms. The second-order valence-corrected chi connectivity index (χ2v) is 2.68. The van der Waals surface area contributed by atoms with Gasteiger partial charge in [0.15, 0.2) is 6.61 Å². The molecule has 84 valence electrons. The average molecular weight is 207 g/mol. The zero-order chi connectivity index (χ0) is 10.4. The maximum Gasteiger partial charge on any atom is 0.368 e. The van der Waals surface area contributed by atoms with Crippen LogP contribution in [0.1, 0.15) is 20.8 Å². The standard InChI is InChI=1S/C4H9NO2.C3H5NO2.CH4/c1-2-3(5)4(6)7;4-2-1-6-3(2)5;/h3H,2,5H2,1H3,(H,6,7);2H,1,4H2;1H4/p+1/t3-;2-;/m00./s1. The Kier molecular flexibility index (Phi) is 7.98. The molecular formula is C8H19N2O4+. The molecule has 1 aliphatic rings. The van der Waals surface area contributed by atoms with Crippen LogP contribution in [0.5, 0.6) is 0 Å². The third-order valence-corrected chi connectivity index (χ3v) is 1.52. The van der Waals surface area contributed by atoms with Crippen molar-refractivity contribution in [1.82, 2.24) is 0 Å². The molecule has 0 aromatic heterocycles. The first-order chi connectivity index (χ1) is 5.99. The highest BCUT2D eigenvalue weighted by Crippen LogP contribution is 1.94. The number of cyclic esters (lactones) is 1. The van der Waals surface area contributed by atoms with E-state index >= 15 is 0 Å². The normalized spacial score (nSPS) is 20.2. The summed E-state index contributed by atoms with van der Waals surface area (Å²) in [6.07, 6.45) is 0.495. The van der Waals surface area contributed by atoms with Gasteiger partial charge >= 0.3 is 11.9 Å². The molecule has 0 amide bonds. The predicted octanol–water partition coefficient (Wildman–Crippen LogP) is -1.40. The molecule has 2 atom stereocenters. The van der Waals surface area contributed by atoms with E-state index in [4.69, 9.17) is 10.8 Å². The largest absolute Gasteiger partial charge is 0.480 e. The monoisotopic (exact) mass is 207 g/mol. The fourth-order valence-electron chi connectivity index (χ4n) is 0.444. The van der Waals surface area contributed by atoms with Crippen LogP contribution < -0.4 is 11.5 Å². The molecule has 0 aromatic carbocycles. The summed E-state index contributed by atoms with van der Waals surface area (Å²) in [4.78, 5) is 19.8. The number of aliphatic carboxylic acids is 1. The van der Waals surface area contributed by atoms with E-state index in [2.05, 4.69) is 10.5 Å². The second-order valence-electron chi connectivity index (χ2n) is 2.68. The molecule has 6 nitrogen and oxygen atoms in total. The lowest BCUT2D eigenvalue weighted by molar-refractivity contribution is -0.433. The van der Waals surface area contributed by atoms with Crippen molar-refractivity contribution in [3.8, 4) is 0 Å². The highest BCUT2D eigenvalue weighted by molar-refractivity contribution is 5.78. The minimum Gasteiger partial charge on any atom is -0.480 e. The lowest BCUT2D eigenvalue weighted by Crippen LogP contribution is -2.72. The van der Waals surface area contributed by atoms with E-state index in [1.54, 1.807) is 6.92 Å². The Bertz CT molecular complexity index is 196. The first kappa shape index (κ1) is 15.3. The average Bonchev–Trinajstić information content (AvgIpc) is 2.14. The Morgan fingerprint density at radius 1 is 1.86 bits per heavy atom. The zero-order valence-electron chi connectivity index (χ0n) is 7.53. The molecule has 1 saturated heterocycles. The van der Waals surface area contributed by atoms with Gasteiger partial charge in [-0.15, -0.1) is 0 Å². The molecule has 0 aliphatic carbocycles. The lowest BCUT2D eigenvalue weighted by atomic mass is 10.2. The fourth-order valence-corrected chi connectivity index (χ4v) is 0.444. The van der Waals surface area contributed by atoms with Crippen LogP contribution in [0.15, 0.2) is 0 Å². The van der Waals surface area contributed by atoms with E-state index in [1.165, 1.54) is 0 Å². The zero-order valence-corrected chi connectivity index (χ0v) is 7.53. The molecule has 1 fully saturated rings. The number of ether oxygens (including phenoxy) is 1. The summed E-state index contributed by atoms with van der Waals surface area (Å²) in [6.45, 7) is 2.25. The van der Waals surface area contributed by atoms with Crippen molar-refractivity contribution in [2.75, 3.05) is 6.61 Å². The molecule has 14 heavy (non-hydrogen) atoms. The number of quaternary nitrogens is 1. The van der Waals surface area contributed by atoms with E-state index < -0.39 is 12.0 Å². The van der Waals surface area contributed by atoms with Crippen LogP contribution in [0, 0.1) is 0 Å². The molecule has 6 heteroatoms. The molecule has 0 saturated carbocycles. The molecule has 1 aliphatic heterocycles. The second kappa shape index (κ2) is 7.28. The minimum absolute atomic E-state index is 0. The first-order valence-corrected chi connectivity index (χ1v) is 3.97. The Morgan fingerprint density at radius 3 is 2.29 bits per heavy atom. The van der Waals surface area contributed by atoms with Crippen molar-refractivity contribution in [2.45, 2.75) is 32.9 Å². The molecule has 0 radical (unpaired) electrons. The van der Waals surface area contributed by atoms with Gasteiger partial charge in [-0.1, -0.05) is 14.4 Å². The summed E-state index contributed by atoms with van der Waals surface area (Å²) in [6, 6.07) is -0.759. The van der Waals surface area contributed by atoms with E-state index in [1.807, 2.05) is 0 Å². The molecule has 1 rings (SSSR count). The molecule has 0 unspecified atom stereocenters. The van der Waals surface area contributed by atoms with Crippen LogP contribution in [0.4, 0.5) is 0 Å². The topological polar surface area (TPSA) is 117 Å². The lowest BCUT2D eigenvalue weighted by Gasteiger charge is -2.15. The molecule has 1 heterocycles. The van der Waals surface area contributed by atoms with Gasteiger partial charge in [0.1, 0.15) is 6.04 Å². The van der Waals surface area contributed by atoms with Crippen molar-refractivity contribution < 1.29 is 25.2 Å². The summed E-state index contributed by atoms with van der Waals surface area (Å²) in [5, 5.41) is 8.06. The highest BCUT2D eigenvalue weighted by atomic mass is 16.6. The van der Waals surface area contributed by atoms with Gasteiger partial charge in [0.05, 0.1) is 0 Å². The number of hydrogen-bond donors (Lipinski definition) is 3. The summed E-state index contributed by atoms with van der Waals surface area (Å²) in [5.41, 5.74) is 8.47. The van der Waals surface area contributed by atoms with Crippen molar-refractivity contribution in [3.05, 3.63) is 0 Å². The van der Waals surface area contributed by atoms with Crippen molar-refractivity contribution in [2.24, 2.45) is 5.73 Å². The van der Waals surface area contributed by atoms with Gasteiger partial charge in [0.25, 0.3) is 0 Å². The predicted molar refractivity (Wildman–Crippen MR) is 50.3 cm³/mol. The van der Waals surface area contributed by atoms with E-state index in [0.717, 1.165) is 0 Å². The molecule has 0 spiro atoms. The third-order valence-electron chi connectivity index (χ3n) is 1.52. The van der Waals surface area contributed by atoms with Crippen LogP contribution in [0.3, 0.4) is 0 Å². The molecule has 0 aromatic rings. The highest BCUT2D eigenvalue weighted by Gasteiger charge is 2.29. The number of esters is 1. The number of nitrogens with two attached hydrogens (primary N) is 1. The van der Waals surface area contributed by atoms with Gasteiger partial charge in [-0.2, -0.15) is 0 Å². The fraction of sp³-hybridized carbons (Fsp3) is 0.750. The van der Waals surface area contributed by atoms with Crippen LogP contribution in [-0.4, -0.2) is 35.7 Å². The van der Waals surface area contributed by atoms with E-state index in [0.29, 0.717) is 13.0 Å². The summed E-state index contributed by atoms with van der Waals surface area (Å²) < 4.78 is 4.34. The number of carbonyl (C=O) groups excluding carboxylic acids is 1. The van der Waals surface area contributed by atoms with Gasteiger partial charge in [-0.3, -0.25) is 4.79 Å². The molecular weight excluding hydrogens is 188 g/mol. The smallest absolute Gasteiger partial charge is 0.368 e. The Hall–Kier alpha value is -1.14. The Labute approximate surface area is 83.2 Å². The van der Waals surface area contributed by atoms with Crippen LogP contribution >= 0.6 is 0 Å². The minimum atomic E-state index is -0.928. The Balaban J connectivity index is 0. The maximum atomic E-state index is 9.95. The number of carboxylic acid groups (broad SMARTS) is 1. The third kappa shape index (κ3) is 5.50. The first-order valence-electron chi connectivity index (χ1n) is 3.97. The summed E-state index contributed by atoms with van der Waals surface area (Å²) in [7, 11) is 0. The van der Waals surface area contributed by atoms with Crippen molar-refractivity contribution in [3.63, 3.8) is 0 Å². The van der Waals surface area contributed by atoms with Crippen LogP contribution in [-0.2, 0) is 14.3 Å². The number of carbonyl (C=O) groups is 2. The van der Waals surface area contributed by atoms with Crippen molar-refractivity contribution >= 4 is 11.9 Å². The number of hydrogen-bond acceptors (Lipinski definition) is 4. The SMILES string of the molecule is C.CC[C@H](N)C(=O)O.[NH3+][C@H]1COC1=O. The maximum absolute atomic E-state index is 9.95. The van der Waals surface area contributed by atoms with Gasteiger partial charge < -0.3 is 21.3 Å². The summed E-state index contributed by atoms with van der Waals surface area (Å²) >= 11 is 0. The van der Waals surface area contributed by atoms with Gasteiger partial charge in [0.2, 0.25) is 6.04 Å². The van der Waals surface area contributed by atoms with Crippen molar-refractivity contribution in [1.29, 1.82) is 0 Å². The Morgan fingerprint density at radius 2 is 2.29 bits per heavy atom. The van der Waals surface area contributed by atoms with E-state index in [9.17, 15) is 9.59 Å².